The predicted molar refractivity (Wildman–Crippen MR) is 91.0 cm³/mol. The third-order valence-electron chi connectivity index (χ3n) is 3.76. The number of carbonyl (C=O) groups is 1. The first-order chi connectivity index (χ1) is 11.2. The van der Waals surface area contributed by atoms with Crippen molar-refractivity contribution in [1.82, 2.24) is 24.0 Å². The lowest BCUT2D eigenvalue weighted by molar-refractivity contribution is -0.128. The van der Waals surface area contributed by atoms with Crippen molar-refractivity contribution in [1.29, 1.82) is 0 Å². The molecule has 0 spiro atoms. The standard InChI is InChI=1S/C15H23N5O3S/c1-6-7-20(10-14(21)18(3)4)24(22,23)12-8-13-11(2)17-19(5)15(13)16-9-12/h8-9H,6-7,10H2,1-5H3. The Bertz CT molecular complexity index is 857. The number of fused-ring (bicyclic) bond motifs is 1. The van der Waals surface area contributed by atoms with Gasteiger partial charge < -0.3 is 4.90 Å². The van der Waals surface area contributed by atoms with Gasteiger partial charge >= 0.3 is 0 Å². The van der Waals surface area contributed by atoms with Gasteiger partial charge in [0.25, 0.3) is 0 Å². The van der Waals surface area contributed by atoms with Crippen LogP contribution >= 0.6 is 0 Å². The first-order valence-corrected chi connectivity index (χ1v) is 9.12. The van der Waals surface area contributed by atoms with E-state index in [1.54, 1.807) is 38.8 Å². The zero-order chi connectivity index (χ0) is 18.1. The van der Waals surface area contributed by atoms with Crippen LogP contribution in [-0.4, -0.2) is 65.5 Å². The lowest BCUT2D eigenvalue weighted by Gasteiger charge is -2.22. The zero-order valence-corrected chi connectivity index (χ0v) is 15.5. The number of sulfonamides is 1. The van der Waals surface area contributed by atoms with E-state index in [9.17, 15) is 13.2 Å². The van der Waals surface area contributed by atoms with Gasteiger partial charge in [0.15, 0.2) is 5.65 Å². The SMILES string of the molecule is CCCN(CC(=O)N(C)C)S(=O)(=O)c1cnc2c(c1)c(C)nn2C. The lowest BCUT2D eigenvalue weighted by Crippen LogP contribution is -2.40. The normalized spacial score (nSPS) is 12.1. The maximum Gasteiger partial charge on any atom is 0.245 e. The van der Waals surface area contributed by atoms with Crippen molar-refractivity contribution in [3.63, 3.8) is 0 Å². The minimum Gasteiger partial charge on any atom is -0.348 e. The van der Waals surface area contributed by atoms with Gasteiger partial charge in [-0.05, 0) is 19.4 Å². The highest BCUT2D eigenvalue weighted by Crippen LogP contribution is 2.22. The lowest BCUT2D eigenvalue weighted by atomic mass is 10.3. The van der Waals surface area contributed by atoms with Crippen molar-refractivity contribution in [2.24, 2.45) is 7.05 Å². The fraction of sp³-hybridized carbons (Fsp3) is 0.533. The second kappa shape index (κ2) is 6.86. The maximum absolute atomic E-state index is 12.9. The van der Waals surface area contributed by atoms with Gasteiger partial charge in [-0.2, -0.15) is 9.40 Å². The molecule has 2 aromatic heterocycles. The number of aromatic nitrogens is 3. The van der Waals surface area contributed by atoms with E-state index in [0.29, 0.717) is 23.1 Å². The minimum atomic E-state index is -3.80. The molecule has 9 heteroatoms. The van der Waals surface area contributed by atoms with E-state index >= 15 is 0 Å². The molecule has 2 rings (SSSR count). The Kier molecular flexibility index (Phi) is 5.24. The first-order valence-electron chi connectivity index (χ1n) is 7.68. The summed E-state index contributed by atoms with van der Waals surface area (Å²) < 4.78 is 28.7. The van der Waals surface area contributed by atoms with Crippen molar-refractivity contribution in [3.05, 3.63) is 18.0 Å². The van der Waals surface area contributed by atoms with Crippen LogP contribution in [0.3, 0.4) is 0 Å². The molecule has 1 amide bonds. The molecule has 24 heavy (non-hydrogen) atoms. The summed E-state index contributed by atoms with van der Waals surface area (Å²) in [7, 11) is 1.16. The summed E-state index contributed by atoms with van der Waals surface area (Å²) in [5.41, 5.74) is 1.33. The second-order valence-electron chi connectivity index (χ2n) is 5.88. The Morgan fingerprint density at radius 1 is 1.33 bits per heavy atom. The molecule has 0 atom stereocenters. The number of hydrogen-bond donors (Lipinski definition) is 0. The predicted octanol–water partition coefficient (Wildman–Crippen LogP) is 0.766. The van der Waals surface area contributed by atoms with Crippen LogP contribution in [-0.2, 0) is 21.9 Å². The minimum absolute atomic E-state index is 0.0751. The molecule has 2 heterocycles. The molecule has 2 aromatic rings. The molecule has 0 aliphatic rings. The summed E-state index contributed by atoms with van der Waals surface area (Å²) in [6.45, 7) is 3.76. The molecule has 0 radical (unpaired) electrons. The van der Waals surface area contributed by atoms with Gasteiger partial charge in [0.1, 0.15) is 4.90 Å². The van der Waals surface area contributed by atoms with Gasteiger partial charge in [0.2, 0.25) is 15.9 Å². The number of rotatable bonds is 6. The fourth-order valence-corrected chi connectivity index (χ4v) is 3.86. The largest absolute Gasteiger partial charge is 0.348 e. The van der Waals surface area contributed by atoms with E-state index in [1.807, 2.05) is 6.92 Å². The molecule has 0 fully saturated rings. The van der Waals surface area contributed by atoms with Gasteiger partial charge in [-0.25, -0.2) is 13.4 Å². The Balaban J connectivity index is 2.46. The molecule has 0 aromatic carbocycles. The van der Waals surface area contributed by atoms with Gasteiger partial charge in [0.05, 0.1) is 12.2 Å². The third kappa shape index (κ3) is 3.41. The van der Waals surface area contributed by atoms with Crippen molar-refractivity contribution in [2.45, 2.75) is 25.2 Å². The summed E-state index contributed by atoms with van der Waals surface area (Å²) in [5.74, 6) is -0.265. The molecule has 0 saturated heterocycles. The number of aryl methyl sites for hydroxylation is 2. The molecule has 0 saturated carbocycles. The number of amides is 1. The quantitative estimate of drug-likeness (QED) is 0.765. The average molecular weight is 353 g/mol. The smallest absolute Gasteiger partial charge is 0.245 e. The van der Waals surface area contributed by atoms with Gasteiger partial charge in [-0.15, -0.1) is 0 Å². The molecule has 132 valence electrons. The molecule has 0 unspecified atom stereocenters. The van der Waals surface area contributed by atoms with Crippen molar-refractivity contribution in [3.8, 4) is 0 Å². The molecule has 0 aliphatic carbocycles. The van der Waals surface area contributed by atoms with Gasteiger partial charge in [-0.1, -0.05) is 6.92 Å². The molecular formula is C15H23N5O3S. The van der Waals surface area contributed by atoms with Crippen LogP contribution in [0.1, 0.15) is 19.0 Å². The topological polar surface area (TPSA) is 88.4 Å². The number of nitrogens with zero attached hydrogens (tertiary/aromatic N) is 5. The molecule has 0 N–H and O–H groups in total. The average Bonchev–Trinajstić information content (AvgIpc) is 2.81. The molecule has 0 bridgehead atoms. The van der Waals surface area contributed by atoms with Crippen molar-refractivity contribution in [2.75, 3.05) is 27.2 Å². The number of carbonyl (C=O) groups excluding carboxylic acids is 1. The second-order valence-corrected chi connectivity index (χ2v) is 7.82. The van der Waals surface area contributed by atoms with Crippen LogP contribution in [0, 0.1) is 6.92 Å². The summed E-state index contributed by atoms with van der Waals surface area (Å²) in [4.78, 5) is 17.6. The van der Waals surface area contributed by atoms with Crippen LogP contribution in [0.4, 0.5) is 0 Å². The van der Waals surface area contributed by atoms with E-state index in [1.165, 1.54) is 15.4 Å². The molecular weight excluding hydrogens is 330 g/mol. The van der Waals surface area contributed by atoms with E-state index < -0.39 is 10.0 Å². The van der Waals surface area contributed by atoms with Gasteiger partial charge in [0, 0.05) is 39.3 Å². The zero-order valence-electron chi connectivity index (χ0n) is 14.6. The highest BCUT2D eigenvalue weighted by molar-refractivity contribution is 7.89. The third-order valence-corrected chi connectivity index (χ3v) is 5.57. The van der Waals surface area contributed by atoms with Gasteiger partial charge in [-0.3, -0.25) is 9.48 Å². The highest BCUT2D eigenvalue weighted by Gasteiger charge is 2.27. The Morgan fingerprint density at radius 2 is 2.00 bits per heavy atom. The maximum atomic E-state index is 12.9. The van der Waals surface area contributed by atoms with Crippen LogP contribution in [0.2, 0.25) is 0 Å². The van der Waals surface area contributed by atoms with E-state index in [-0.39, 0.29) is 23.9 Å². The summed E-state index contributed by atoms with van der Waals surface area (Å²) >= 11 is 0. The van der Waals surface area contributed by atoms with Crippen LogP contribution in [0.25, 0.3) is 11.0 Å². The van der Waals surface area contributed by atoms with E-state index in [4.69, 9.17) is 0 Å². The van der Waals surface area contributed by atoms with Crippen LogP contribution < -0.4 is 0 Å². The Labute approximate surface area is 142 Å². The number of pyridine rings is 1. The first kappa shape index (κ1) is 18.3. The number of hydrogen-bond acceptors (Lipinski definition) is 5. The van der Waals surface area contributed by atoms with E-state index in [2.05, 4.69) is 10.1 Å². The summed E-state index contributed by atoms with van der Waals surface area (Å²) in [6, 6.07) is 1.57. The highest BCUT2D eigenvalue weighted by atomic mass is 32.2. The molecule has 8 nitrogen and oxygen atoms in total. The summed E-state index contributed by atoms with van der Waals surface area (Å²) in [6.07, 6.45) is 1.93. The van der Waals surface area contributed by atoms with Crippen molar-refractivity contribution < 1.29 is 13.2 Å². The van der Waals surface area contributed by atoms with Crippen molar-refractivity contribution >= 4 is 27.0 Å². The summed E-state index contributed by atoms with van der Waals surface area (Å²) in [5, 5.41) is 4.94. The monoisotopic (exact) mass is 353 g/mol. The van der Waals surface area contributed by atoms with E-state index in [0.717, 1.165) is 0 Å². The van der Waals surface area contributed by atoms with Crippen LogP contribution in [0.15, 0.2) is 17.2 Å². The number of likely N-dealkylation sites (N-methyl/N-ethyl adjacent to an activating group) is 1. The molecule has 0 aliphatic heterocycles. The Morgan fingerprint density at radius 3 is 2.58 bits per heavy atom. The van der Waals surface area contributed by atoms with Crippen LogP contribution in [0.5, 0.6) is 0 Å². The fourth-order valence-electron chi connectivity index (χ4n) is 2.40. The Hall–Kier alpha value is -2.00.